The van der Waals surface area contributed by atoms with Crippen LogP contribution in [0.15, 0.2) is 43.0 Å². The third kappa shape index (κ3) is 3.26. The van der Waals surface area contributed by atoms with E-state index in [1.54, 1.807) is 24.3 Å². The van der Waals surface area contributed by atoms with Gasteiger partial charge in [0.05, 0.1) is 25.0 Å². The van der Waals surface area contributed by atoms with Crippen LogP contribution in [0.1, 0.15) is 25.7 Å². The topological polar surface area (TPSA) is 86.3 Å². The Hall–Kier alpha value is -3.49. The van der Waals surface area contributed by atoms with Gasteiger partial charge < -0.3 is 14.2 Å². The van der Waals surface area contributed by atoms with E-state index in [9.17, 15) is 0 Å². The highest BCUT2D eigenvalue weighted by Crippen LogP contribution is 2.27. The molecule has 4 rings (SSSR count). The molecule has 0 fully saturated rings. The maximum Gasteiger partial charge on any atom is 0.200 e. The highest BCUT2D eigenvalue weighted by atomic mass is 16.5. The zero-order chi connectivity index (χ0) is 19.7. The average molecular weight is 378 g/mol. The number of methoxy groups -OCH3 is 1. The van der Waals surface area contributed by atoms with Gasteiger partial charge in [0.1, 0.15) is 18.4 Å². The lowest BCUT2D eigenvalue weighted by molar-refractivity contribution is 0.415. The Morgan fingerprint density at radius 1 is 1.07 bits per heavy atom. The Bertz CT molecular complexity index is 1080. The van der Waals surface area contributed by atoms with Crippen LogP contribution in [0.25, 0.3) is 16.9 Å². The summed E-state index contributed by atoms with van der Waals surface area (Å²) in [6.07, 6.45) is 3.37. The summed E-state index contributed by atoms with van der Waals surface area (Å²) < 4.78 is 9.00. The summed E-state index contributed by atoms with van der Waals surface area (Å²) in [5, 5.41) is 21.2. The fraction of sp³-hybridized carbons (Fsp3) is 0.316. The van der Waals surface area contributed by atoms with E-state index in [2.05, 4.69) is 48.8 Å². The normalized spacial score (nSPS) is 11.3. The van der Waals surface area contributed by atoms with Crippen LogP contribution in [0.3, 0.4) is 0 Å². The van der Waals surface area contributed by atoms with E-state index in [1.165, 1.54) is 0 Å². The van der Waals surface area contributed by atoms with Crippen molar-refractivity contribution >= 4 is 11.3 Å². The first kappa shape index (κ1) is 17.9. The van der Waals surface area contributed by atoms with Crippen LogP contribution in [0.4, 0.5) is 5.69 Å². The van der Waals surface area contributed by atoms with Gasteiger partial charge in [0, 0.05) is 18.7 Å². The first-order valence-electron chi connectivity index (χ1n) is 9.02. The number of anilines is 1. The Balaban J connectivity index is 1.73. The zero-order valence-corrected chi connectivity index (χ0v) is 16.3. The fourth-order valence-corrected chi connectivity index (χ4v) is 3.10. The van der Waals surface area contributed by atoms with E-state index in [1.807, 2.05) is 37.4 Å². The molecule has 144 valence electrons. The number of ether oxygens (including phenoxy) is 1. The second-order valence-corrected chi connectivity index (χ2v) is 6.85. The Morgan fingerprint density at radius 2 is 1.82 bits per heavy atom. The summed E-state index contributed by atoms with van der Waals surface area (Å²) in [6.45, 7) is 4.81. The van der Waals surface area contributed by atoms with Gasteiger partial charge in [-0.05, 0) is 44.2 Å². The van der Waals surface area contributed by atoms with Crippen LogP contribution in [0.2, 0.25) is 0 Å². The van der Waals surface area contributed by atoms with E-state index in [-0.39, 0.29) is 0 Å². The molecule has 9 heteroatoms. The summed E-state index contributed by atoms with van der Waals surface area (Å²) in [5.74, 6) is 1.69. The van der Waals surface area contributed by atoms with Crippen LogP contribution < -0.4 is 9.64 Å². The van der Waals surface area contributed by atoms with Crippen molar-refractivity contribution in [3.63, 3.8) is 0 Å². The summed E-state index contributed by atoms with van der Waals surface area (Å²) in [5.41, 5.74) is 3.41. The molecule has 28 heavy (non-hydrogen) atoms. The van der Waals surface area contributed by atoms with Crippen molar-refractivity contribution in [1.29, 1.82) is 0 Å². The number of aromatic nitrogens is 7. The standard InChI is InChI=1S/C19H22N8O/c1-13(2)26-11-20-22-18(26)10-25(3)17-9-16(24-27-12-21-23-19(17)27)14-5-7-15(28-4)8-6-14/h5-9,11-13H,10H2,1-4H3. The molecule has 0 radical (unpaired) electrons. The fourth-order valence-electron chi connectivity index (χ4n) is 3.10. The molecule has 0 atom stereocenters. The lowest BCUT2D eigenvalue weighted by Gasteiger charge is -2.21. The largest absolute Gasteiger partial charge is 0.497 e. The quantitative estimate of drug-likeness (QED) is 0.510. The molecule has 3 aromatic heterocycles. The van der Waals surface area contributed by atoms with Crippen molar-refractivity contribution in [3.05, 3.63) is 48.8 Å². The molecule has 0 saturated heterocycles. The predicted molar refractivity (Wildman–Crippen MR) is 105 cm³/mol. The molecule has 9 nitrogen and oxygen atoms in total. The minimum atomic E-state index is 0.291. The second kappa shape index (κ2) is 7.26. The molecule has 0 amide bonds. The predicted octanol–water partition coefficient (Wildman–Crippen LogP) is 2.61. The highest BCUT2D eigenvalue weighted by Gasteiger charge is 2.16. The zero-order valence-electron chi connectivity index (χ0n) is 16.3. The van der Waals surface area contributed by atoms with Crippen molar-refractivity contribution in [3.8, 4) is 17.0 Å². The van der Waals surface area contributed by atoms with Gasteiger partial charge in [-0.15, -0.1) is 20.4 Å². The molecule has 0 N–H and O–H groups in total. The second-order valence-electron chi connectivity index (χ2n) is 6.85. The third-order valence-electron chi connectivity index (χ3n) is 4.63. The highest BCUT2D eigenvalue weighted by molar-refractivity contribution is 5.74. The number of hydrogen-bond acceptors (Lipinski definition) is 7. The van der Waals surface area contributed by atoms with Crippen LogP contribution in [-0.4, -0.2) is 48.7 Å². The first-order chi connectivity index (χ1) is 13.6. The van der Waals surface area contributed by atoms with Gasteiger partial charge in [-0.1, -0.05) is 0 Å². The lowest BCUT2D eigenvalue weighted by atomic mass is 10.1. The average Bonchev–Trinajstić information content (AvgIpc) is 3.36. The maximum atomic E-state index is 5.24. The molecule has 0 aliphatic rings. The molecule has 0 aliphatic heterocycles. The van der Waals surface area contributed by atoms with Gasteiger partial charge in [-0.2, -0.15) is 9.61 Å². The maximum absolute atomic E-state index is 5.24. The van der Waals surface area contributed by atoms with Crippen molar-refractivity contribution in [2.24, 2.45) is 0 Å². The van der Waals surface area contributed by atoms with E-state index in [4.69, 9.17) is 4.74 Å². The summed E-state index contributed by atoms with van der Waals surface area (Å²) in [6, 6.07) is 10.1. The SMILES string of the molecule is COc1ccc(-c2cc(N(C)Cc3nncn3C(C)C)c3nncn3n2)cc1. The van der Waals surface area contributed by atoms with E-state index < -0.39 is 0 Å². The van der Waals surface area contributed by atoms with E-state index in [0.29, 0.717) is 18.2 Å². The minimum absolute atomic E-state index is 0.291. The Morgan fingerprint density at radius 3 is 2.54 bits per heavy atom. The monoisotopic (exact) mass is 378 g/mol. The van der Waals surface area contributed by atoms with E-state index in [0.717, 1.165) is 28.5 Å². The molecule has 0 aliphatic carbocycles. The lowest BCUT2D eigenvalue weighted by Crippen LogP contribution is -2.21. The van der Waals surface area contributed by atoms with Gasteiger partial charge in [0.25, 0.3) is 0 Å². The number of hydrogen-bond donors (Lipinski definition) is 0. The van der Waals surface area contributed by atoms with Gasteiger partial charge >= 0.3 is 0 Å². The summed E-state index contributed by atoms with van der Waals surface area (Å²) >= 11 is 0. The molecule has 0 unspecified atom stereocenters. The van der Waals surface area contributed by atoms with Crippen molar-refractivity contribution in [2.45, 2.75) is 26.4 Å². The Kier molecular flexibility index (Phi) is 4.64. The minimum Gasteiger partial charge on any atom is -0.497 e. The number of benzene rings is 1. The number of fused-ring (bicyclic) bond motifs is 1. The molecule has 3 heterocycles. The van der Waals surface area contributed by atoms with Gasteiger partial charge in [-0.3, -0.25) is 0 Å². The molecular formula is C19H22N8O. The molecule has 0 spiro atoms. The summed E-state index contributed by atoms with van der Waals surface area (Å²) in [4.78, 5) is 2.08. The summed E-state index contributed by atoms with van der Waals surface area (Å²) in [7, 11) is 3.65. The number of rotatable bonds is 6. The van der Waals surface area contributed by atoms with Crippen molar-refractivity contribution in [1.82, 2.24) is 34.6 Å². The molecule has 0 saturated carbocycles. The van der Waals surface area contributed by atoms with Gasteiger partial charge in [0.2, 0.25) is 5.65 Å². The molecule has 0 bridgehead atoms. The van der Waals surface area contributed by atoms with Crippen LogP contribution in [-0.2, 0) is 6.54 Å². The molecular weight excluding hydrogens is 356 g/mol. The van der Waals surface area contributed by atoms with Crippen LogP contribution >= 0.6 is 0 Å². The van der Waals surface area contributed by atoms with Gasteiger partial charge in [0.15, 0.2) is 5.82 Å². The molecule has 4 aromatic rings. The van der Waals surface area contributed by atoms with E-state index >= 15 is 0 Å². The third-order valence-corrected chi connectivity index (χ3v) is 4.63. The van der Waals surface area contributed by atoms with Gasteiger partial charge in [-0.25, -0.2) is 0 Å². The first-order valence-corrected chi connectivity index (χ1v) is 9.02. The smallest absolute Gasteiger partial charge is 0.200 e. The Labute approximate surface area is 162 Å². The van der Waals surface area contributed by atoms with Crippen LogP contribution in [0.5, 0.6) is 5.75 Å². The van der Waals surface area contributed by atoms with Crippen molar-refractivity contribution in [2.75, 3.05) is 19.1 Å². The molecule has 1 aromatic carbocycles. The van der Waals surface area contributed by atoms with Crippen LogP contribution in [0, 0.1) is 0 Å². The van der Waals surface area contributed by atoms with Crippen molar-refractivity contribution < 1.29 is 4.74 Å². The number of nitrogens with zero attached hydrogens (tertiary/aromatic N) is 8.